The molecule has 0 amide bonds. The Morgan fingerprint density at radius 1 is 0.737 bits per heavy atom. The fourth-order valence-electron chi connectivity index (χ4n) is 4.06. The van der Waals surface area contributed by atoms with E-state index in [4.69, 9.17) is 37.9 Å². The second kappa shape index (κ2) is 13.3. The van der Waals surface area contributed by atoms with Crippen LogP contribution in [0.5, 0.6) is 0 Å². The van der Waals surface area contributed by atoms with Crippen molar-refractivity contribution < 1.29 is 77.2 Å². The van der Waals surface area contributed by atoms with Gasteiger partial charge in [0.05, 0.1) is 6.61 Å². The number of aliphatic hydroxyl groups is 3. The van der Waals surface area contributed by atoms with Gasteiger partial charge in [-0.05, 0) is 0 Å². The summed E-state index contributed by atoms with van der Waals surface area (Å²) in [4.78, 5) is 58.6. The average Bonchev–Trinajstić information content (AvgIpc) is 3.08. The summed E-state index contributed by atoms with van der Waals surface area (Å²) in [7, 11) is 0. The van der Waals surface area contributed by atoms with Crippen LogP contribution in [0.4, 0.5) is 0 Å². The van der Waals surface area contributed by atoms with Crippen LogP contribution >= 0.6 is 0 Å². The lowest BCUT2D eigenvalue weighted by molar-refractivity contribution is -0.384. The summed E-state index contributed by atoms with van der Waals surface area (Å²) >= 11 is 0. The zero-order valence-corrected chi connectivity index (χ0v) is 21.4. The number of ether oxygens (including phenoxy) is 8. The maximum Gasteiger partial charge on any atom is 0.303 e. The van der Waals surface area contributed by atoms with E-state index < -0.39 is 104 Å². The van der Waals surface area contributed by atoms with Crippen LogP contribution < -0.4 is 0 Å². The molecule has 1 unspecified atom stereocenters. The summed E-state index contributed by atoms with van der Waals surface area (Å²) in [6.45, 7) is 2.76. The fraction of sp³-hybridized carbons (Fsp3) is 0.773. The summed E-state index contributed by atoms with van der Waals surface area (Å²) in [5.41, 5.74) is 0. The van der Waals surface area contributed by atoms with Gasteiger partial charge in [0.1, 0.15) is 31.5 Å². The minimum atomic E-state index is -2.39. The van der Waals surface area contributed by atoms with Crippen molar-refractivity contribution in [1.82, 2.24) is 0 Å². The van der Waals surface area contributed by atoms with E-state index in [-0.39, 0.29) is 0 Å². The SMILES string of the molecule is CC(=O)OC[C@H]1OC(O[C@]2(CO)O[C@H](CO)[C@@H](OC(C)=O)[C@@H]2OC(C)=O)[C@H](OC(C)=O)[C@@H](OC(C)=O)[C@H]1O. The van der Waals surface area contributed by atoms with Gasteiger partial charge in [-0.15, -0.1) is 0 Å². The number of esters is 5. The standard InChI is InChI=1S/C22H32O16/c1-9(25)31-7-15-16(30)18(33-11(3)27)19(34-12(4)28)21(36-15)38-22(8-24)20(35-13(5)29)17(32-10(2)26)14(6-23)37-22/h14-21,23-24,30H,6-8H2,1-5H3/t14-,15-,16+,17-,18+,19-,20+,21?,22+/m1/s1. The molecule has 2 heterocycles. The Labute approximate surface area is 216 Å². The van der Waals surface area contributed by atoms with Crippen molar-refractivity contribution in [3.8, 4) is 0 Å². The molecule has 3 N–H and O–H groups in total. The Hall–Kier alpha value is -2.89. The number of aliphatic hydroxyl groups excluding tert-OH is 3. The molecule has 2 aliphatic heterocycles. The molecule has 2 fully saturated rings. The number of carbonyl (C=O) groups is 5. The van der Waals surface area contributed by atoms with Crippen LogP contribution in [-0.4, -0.2) is 120 Å². The van der Waals surface area contributed by atoms with Crippen molar-refractivity contribution >= 4 is 29.8 Å². The number of hydrogen-bond donors (Lipinski definition) is 3. The molecule has 0 aliphatic carbocycles. The number of hydrogen-bond acceptors (Lipinski definition) is 16. The lowest BCUT2D eigenvalue weighted by atomic mass is 9.98. The van der Waals surface area contributed by atoms with E-state index in [1.165, 1.54) is 0 Å². The first-order valence-corrected chi connectivity index (χ1v) is 11.5. The molecule has 2 rings (SSSR count). The second-order valence-electron chi connectivity index (χ2n) is 8.51. The molecule has 0 radical (unpaired) electrons. The van der Waals surface area contributed by atoms with Crippen LogP contribution in [0.15, 0.2) is 0 Å². The largest absolute Gasteiger partial charge is 0.463 e. The highest BCUT2D eigenvalue weighted by Crippen LogP contribution is 2.40. The molecule has 16 heteroatoms. The summed E-state index contributed by atoms with van der Waals surface area (Å²) in [5.74, 6) is -6.67. The molecule has 0 spiro atoms. The normalized spacial score (nSPS) is 34.6. The van der Waals surface area contributed by atoms with Gasteiger partial charge in [0.2, 0.25) is 12.1 Å². The lowest BCUT2D eigenvalue weighted by Gasteiger charge is -2.45. The molecule has 0 saturated carbocycles. The van der Waals surface area contributed by atoms with Gasteiger partial charge in [-0.3, -0.25) is 24.0 Å². The molecule has 2 aliphatic rings. The zero-order chi connectivity index (χ0) is 28.8. The van der Waals surface area contributed by atoms with Crippen molar-refractivity contribution in [3.63, 3.8) is 0 Å². The Morgan fingerprint density at radius 3 is 1.74 bits per heavy atom. The van der Waals surface area contributed by atoms with Crippen molar-refractivity contribution in [1.29, 1.82) is 0 Å². The van der Waals surface area contributed by atoms with Crippen LogP contribution in [0.2, 0.25) is 0 Å². The Balaban J connectivity index is 2.55. The predicted octanol–water partition coefficient (Wildman–Crippen LogP) is -2.54. The maximum atomic E-state index is 11.9. The van der Waals surface area contributed by atoms with Gasteiger partial charge in [-0.25, -0.2) is 0 Å². The monoisotopic (exact) mass is 552 g/mol. The Bertz CT molecular complexity index is 891. The Kier molecular flexibility index (Phi) is 10.9. The van der Waals surface area contributed by atoms with Crippen LogP contribution in [0.25, 0.3) is 0 Å². The van der Waals surface area contributed by atoms with Crippen molar-refractivity contribution in [3.05, 3.63) is 0 Å². The second-order valence-corrected chi connectivity index (χ2v) is 8.51. The first kappa shape index (κ1) is 31.3. The molecule has 9 atom stereocenters. The first-order valence-electron chi connectivity index (χ1n) is 11.5. The van der Waals surface area contributed by atoms with E-state index in [0.717, 1.165) is 34.6 Å². The van der Waals surface area contributed by atoms with Crippen molar-refractivity contribution in [2.75, 3.05) is 19.8 Å². The fourth-order valence-corrected chi connectivity index (χ4v) is 4.06. The van der Waals surface area contributed by atoms with Gasteiger partial charge >= 0.3 is 29.8 Å². The van der Waals surface area contributed by atoms with E-state index >= 15 is 0 Å². The minimum absolute atomic E-state index is 0.559. The van der Waals surface area contributed by atoms with Crippen molar-refractivity contribution in [2.24, 2.45) is 0 Å². The summed E-state index contributed by atoms with van der Waals surface area (Å²) < 4.78 is 42.9. The topological polar surface area (TPSA) is 220 Å². The van der Waals surface area contributed by atoms with Gasteiger partial charge in [-0.1, -0.05) is 0 Å². The molecule has 0 aromatic rings. The van der Waals surface area contributed by atoms with Crippen molar-refractivity contribution in [2.45, 2.75) is 89.4 Å². The quantitative estimate of drug-likeness (QED) is 0.188. The third kappa shape index (κ3) is 7.58. The van der Waals surface area contributed by atoms with Crippen LogP contribution in [0.3, 0.4) is 0 Å². The highest BCUT2D eigenvalue weighted by Gasteiger charge is 2.63. The maximum absolute atomic E-state index is 11.9. The number of rotatable bonds is 10. The third-order valence-corrected chi connectivity index (χ3v) is 5.43. The van der Waals surface area contributed by atoms with Gasteiger partial charge in [0, 0.05) is 34.6 Å². The van der Waals surface area contributed by atoms with E-state index in [1.54, 1.807) is 0 Å². The minimum Gasteiger partial charge on any atom is -0.463 e. The average molecular weight is 552 g/mol. The van der Waals surface area contributed by atoms with E-state index in [1.807, 2.05) is 0 Å². The Morgan fingerprint density at radius 2 is 1.26 bits per heavy atom. The smallest absolute Gasteiger partial charge is 0.303 e. The highest BCUT2D eigenvalue weighted by molar-refractivity contribution is 5.68. The first-order chi connectivity index (χ1) is 17.7. The lowest BCUT2D eigenvalue weighted by Crippen LogP contribution is -2.65. The van der Waals surface area contributed by atoms with Gasteiger partial charge in [-0.2, -0.15) is 0 Å². The molecule has 2 saturated heterocycles. The highest BCUT2D eigenvalue weighted by atomic mass is 16.8. The van der Waals surface area contributed by atoms with E-state index in [0.29, 0.717) is 0 Å². The van der Waals surface area contributed by atoms with Gasteiger partial charge in [0.25, 0.3) is 0 Å². The summed E-state index contributed by atoms with van der Waals surface area (Å²) in [6.07, 6.45) is -12.8. The molecule has 216 valence electrons. The molecule has 0 aromatic carbocycles. The predicted molar refractivity (Wildman–Crippen MR) is 116 cm³/mol. The molecule has 0 aromatic heterocycles. The van der Waals surface area contributed by atoms with Crippen LogP contribution in [-0.2, 0) is 61.9 Å². The molecular formula is C22H32O16. The van der Waals surface area contributed by atoms with E-state index in [2.05, 4.69) is 0 Å². The molecule has 38 heavy (non-hydrogen) atoms. The molecule has 0 bridgehead atoms. The third-order valence-electron chi connectivity index (χ3n) is 5.43. The van der Waals surface area contributed by atoms with Crippen LogP contribution in [0.1, 0.15) is 34.6 Å². The van der Waals surface area contributed by atoms with E-state index in [9.17, 15) is 39.3 Å². The summed E-state index contributed by atoms with van der Waals surface area (Å²) in [5, 5.41) is 30.9. The molecule has 16 nitrogen and oxygen atoms in total. The van der Waals surface area contributed by atoms with Crippen LogP contribution in [0, 0.1) is 0 Å². The number of carbonyl (C=O) groups excluding carboxylic acids is 5. The summed E-state index contributed by atoms with van der Waals surface area (Å²) in [6, 6.07) is 0. The molecular weight excluding hydrogens is 520 g/mol. The van der Waals surface area contributed by atoms with Gasteiger partial charge in [0.15, 0.2) is 24.4 Å². The van der Waals surface area contributed by atoms with Gasteiger partial charge < -0.3 is 53.2 Å². The zero-order valence-electron chi connectivity index (χ0n) is 21.4.